The predicted octanol–water partition coefficient (Wildman–Crippen LogP) is 2.57. The van der Waals surface area contributed by atoms with Crippen LogP contribution >= 0.6 is 11.8 Å². The number of para-hydroxylation sites is 1. The summed E-state index contributed by atoms with van der Waals surface area (Å²) in [5.74, 6) is 0. The molecular weight excluding hydrogens is 168 g/mol. The summed E-state index contributed by atoms with van der Waals surface area (Å²) in [6.07, 6.45) is 1.52. The van der Waals surface area contributed by atoms with E-state index in [1.165, 1.54) is 11.0 Å². The lowest BCUT2D eigenvalue weighted by molar-refractivity contribution is 1.46. The van der Waals surface area contributed by atoms with Crippen LogP contribution in [-0.4, -0.2) is 0 Å². The van der Waals surface area contributed by atoms with E-state index >= 15 is 0 Å². The summed E-state index contributed by atoms with van der Waals surface area (Å²) in [5, 5.41) is 12.5. The Labute approximate surface area is 74.9 Å². The lowest BCUT2D eigenvalue weighted by Gasteiger charge is -1.93. The summed E-state index contributed by atoms with van der Waals surface area (Å²) in [7, 11) is 0. The minimum absolute atomic E-state index is 0.902. The molecule has 2 nitrogen and oxygen atoms in total. The summed E-state index contributed by atoms with van der Waals surface area (Å²) in [4.78, 5) is 1.18. The lowest BCUT2D eigenvalue weighted by atomic mass is 10.3. The Morgan fingerprint density at radius 3 is 3.00 bits per heavy atom. The highest BCUT2D eigenvalue weighted by atomic mass is 32.2. The molecule has 1 aromatic rings. The van der Waals surface area contributed by atoms with Crippen LogP contribution in [-0.2, 0) is 0 Å². The van der Waals surface area contributed by atoms with Crippen LogP contribution < -0.4 is 5.32 Å². The van der Waals surface area contributed by atoms with Crippen LogP contribution in [0, 0.1) is 11.3 Å². The highest BCUT2D eigenvalue weighted by Crippen LogP contribution is 2.39. The number of benzene rings is 1. The Hall–Kier alpha value is -1.40. The maximum atomic E-state index is 8.43. The van der Waals surface area contributed by atoms with Gasteiger partial charge in [-0.25, -0.2) is 0 Å². The molecule has 0 atom stereocenters. The third-order valence-corrected chi connectivity index (χ3v) is 2.58. The first-order valence-corrected chi connectivity index (χ1v) is 4.35. The van der Waals surface area contributed by atoms with Crippen molar-refractivity contribution in [1.29, 1.82) is 5.26 Å². The molecule has 0 fully saturated rings. The van der Waals surface area contributed by atoms with Crippen molar-refractivity contribution in [2.75, 3.05) is 5.32 Å². The van der Waals surface area contributed by atoms with Crippen molar-refractivity contribution in [2.24, 2.45) is 0 Å². The molecule has 12 heavy (non-hydrogen) atoms. The van der Waals surface area contributed by atoms with Crippen LogP contribution in [0.15, 0.2) is 40.3 Å². The van der Waals surface area contributed by atoms with Gasteiger partial charge in [0.1, 0.15) is 0 Å². The van der Waals surface area contributed by atoms with Gasteiger partial charge >= 0.3 is 0 Å². The van der Waals surface area contributed by atoms with Gasteiger partial charge in [-0.2, -0.15) is 5.26 Å². The number of rotatable bonds is 0. The van der Waals surface area contributed by atoms with Crippen molar-refractivity contribution in [3.05, 3.63) is 35.4 Å². The van der Waals surface area contributed by atoms with E-state index in [2.05, 4.69) is 5.32 Å². The van der Waals surface area contributed by atoms with Crippen LogP contribution in [0.5, 0.6) is 0 Å². The molecule has 0 saturated carbocycles. The third-order valence-electron chi connectivity index (χ3n) is 1.56. The Balaban J connectivity index is 2.35. The van der Waals surface area contributed by atoms with E-state index in [-0.39, 0.29) is 0 Å². The zero-order valence-corrected chi connectivity index (χ0v) is 7.06. The quantitative estimate of drug-likeness (QED) is 0.614. The van der Waals surface area contributed by atoms with E-state index in [4.69, 9.17) is 5.26 Å². The monoisotopic (exact) mass is 174 g/mol. The first kappa shape index (κ1) is 7.26. The van der Waals surface area contributed by atoms with Crippen molar-refractivity contribution in [3.63, 3.8) is 0 Å². The molecule has 0 bridgehead atoms. The Kier molecular flexibility index (Phi) is 1.77. The fourth-order valence-electron chi connectivity index (χ4n) is 1.06. The average molecular weight is 174 g/mol. The highest BCUT2D eigenvalue weighted by molar-refractivity contribution is 8.03. The molecule has 0 amide bonds. The lowest BCUT2D eigenvalue weighted by Crippen LogP contribution is -1.86. The maximum absolute atomic E-state index is 8.43. The van der Waals surface area contributed by atoms with E-state index in [0.717, 1.165) is 10.7 Å². The number of fused-ring (bicyclic) bond motifs is 1. The largest absolute Gasteiger partial charge is 0.348 e. The molecule has 0 unspecified atom stereocenters. The molecule has 0 spiro atoms. The van der Waals surface area contributed by atoms with Gasteiger partial charge < -0.3 is 5.32 Å². The van der Waals surface area contributed by atoms with Gasteiger partial charge in [-0.15, -0.1) is 0 Å². The summed E-state index contributed by atoms with van der Waals surface area (Å²) < 4.78 is 0. The second-order valence-corrected chi connectivity index (χ2v) is 3.44. The van der Waals surface area contributed by atoms with Crippen LogP contribution in [0.25, 0.3) is 0 Å². The number of nitrogens with one attached hydrogen (secondary N) is 1. The van der Waals surface area contributed by atoms with Crippen molar-refractivity contribution in [2.45, 2.75) is 4.90 Å². The smallest absolute Gasteiger partial charge is 0.0939 e. The van der Waals surface area contributed by atoms with Gasteiger partial charge in [0, 0.05) is 11.0 Å². The van der Waals surface area contributed by atoms with Crippen LogP contribution in [0.4, 0.5) is 5.69 Å². The Morgan fingerprint density at radius 2 is 2.25 bits per heavy atom. The molecule has 1 aromatic carbocycles. The summed E-state index contributed by atoms with van der Waals surface area (Å²) >= 11 is 1.59. The first-order chi connectivity index (χ1) is 5.90. The van der Waals surface area contributed by atoms with Crippen LogP contribution in [0.3, 0.4) is 0 Å². The number of allylic oxidation sites excluding steroid dienone is 1. The number of nitrogens with zero attached hydrogens (tertiary/aromatic N) is 1. The molecule has 1 heterocycles. The summed E-state index contributed by atoms with van der Waals surface area (Å²) in [6, 6.07) is 10.00. The normalized spacial score (nSPS) is 16.8. The fraction of sp³-hybridized carbons (Fsp3) is 0. The number of hydrogen-bond acceptors (Lipinski definition) is 3. The average Bonchev–Trinajstić information content (AvgIpc) is 2.47. The van der Waals surface area contributed by atoms with Crippen molar-refractivity contribution in [1.82, 2.24) is 0 Å². The zero-order valence-electron chi connectivity index (χ0n) is 6.24. The van der Waals surface area contributed by atoms with Gasteiger partial charge in [0.05, 0.1) is 16.8 Å². The minimum Gasteiger partial charge on any atom is -0.348 e. The Bertz CT molecular complexity index is 349. The summed E-state index contributed by atoms with van der Waals surface area (Å²) in [5.41, 5.74) is 1.09. The van der Waals surface area contributed by atoms with Gasteiger partial charge in [-0.1, -0.05) is 23.9 Å². The zero-order chi connectivity index (χ0) is 8.39. The number of thioether (sulfide) groups is 1. The molecule has 1 aliphatic heterocycles. The molecule has 0 saturated heterocycles. The molecular formula is C9H6N2S. The fourth-order valence-corrected chi connectivity index (χ4v) is 1.94. The maximum Gasteiger partial charge on any atom is 0.0939 e. The molecule has 0 aromatic heterocycles. The van der Waals surface area contributed by atoms with Gasteiger partial charge in [-0.3, -0.25) is 0 Å². The van der Waals surface area contributed by atoms with Crippen molar-refractivity contribution in [3.8, 4) is 6.07 Å². The van der Waals surface area contributed by atoms with E-state index in [1.54, 1.807) is 11.8 Å². The van der Waals surface area contributed by atoms with E-state index in [0.29, 0.717) is 0 Å². The number of hydrogen-bond donors (Lipinski definition) is 1. The van der Waals surface area contributed by atoms with E-state index < -0.39 is 0 Å². The standard InChI is InChI=1S/C9H6N2S/c10-6-5-9-11-7-3-1-2-4-8(7)12-9/h1-5,11H. The third kappa shape index (κ3) is 1.17. The van der Waals surface area contributed by atoms with Gasteiger partial charge in [0.15, 0.2) is 0 Å². The number of anilines is 1. The van der Waals surface area contributed by atoms with E-state index in [9.17, 15) is 0 Å². The van der Waals surface area contributed by atoms with Gasteiger partial charge in [0.2, 0.25) is 0 Å². The molecule has 0 radical (unpaired) electrons. The van der Waals surface area contributed by atoms with Gasteiger partial charge in [0.25, 0.3) is 0 Å². The second-order valence-electron chi connectivity index (χ2n) is 2.36. The second kappa shape index (κ2) is 2.92. The molecule has 0 aliphatic carbocycles. The summed E-state index contributed by atoms with van der Waals surface area (Å²) in [6.45, 7) is 0. The van der Waals surface area contributed by atoms with Crippen LogP contribution in [0.1, 0.15) is 0 Å². The van der Waals surface area contributed by atoms with Crippen molar-refractivity contribution < 1.29 is 0 Å². The topological polar surface area (TPSA) is 35.8 Å². The highest BCUT2D eigenvalue weighted by Gasteiger charge is 2.13. The molecule has 3 heteroatoms. The van der Waals surface area contributed by atoms with Gasteiger partial charge in [-0.05, 0) is 12.1 Å². The predicted molar refractivity (Wildman–Crippen MR) is 49.6 cm³/mol. The minimum atomic E-state index is 0.902. The van der Waals surface area contributed by atoms with E-state index in [1.807, 2.05) is 30.3 Å². The molecule has 58 valence electrons. The first-order valence-electron chi connectivity index (χ1n) is 3.54. The Morgan fingerprint density at radius 1 is 1.42 bits per heavy atom. The molecule has 1 N–H and O–H groups in total. The molecule has 2 rings (SSSR count). The number of nitriles is 1. The molecule has 1 aliphatic rings. The van der Waals surface area contributed by atoms with Crippen LogP contribution in [0.2, 0.25) is 0 Å². The van der Waals surface area contributed by atoms with Crippen molar-refractivity contribution >= 4 is 17.4 Å². The SMILES string of the molecule is N#CC=C1Nc2ccccc2S1.